The van der Waals surface area contributed by atoms with Gasteiger partial charge in [0, 0.05) is 24.2 Å². The maximum atomic E-state index is 5.47. The van der Waals surface area contributed by atoms with Gasteiger partial charge in [-0.3, -0.25) is 0 Å². The third-order valence-corrected chi connectivity index (χ3v) is 4.84. The van der Waals surface area contributed by atoms with Gasteiger partial charge in [-0.15, -0.1) is 0 Å². The number of rotatable bonds is 5. The molecule has 1 N–H and O–H groups in total. The molecule has 4 heteroatoms. The van der Waals surface area contributed by atoms with E-state index < -0.39 is 0 Å². The molecule has 0 radical (unpaired) electrons. The van der Waals surface area contributed by atoms with Crippen LogP contribution in [-0.2, 0) is 6.54 Å². The van der Waals surface area contributed by atoms with Crippen molar-refractivity contribution < 1.29 is 9.47 Å². The van der Waals surface area contributed by atoms with Gasteiger partial charge in [0.25, 0.3) is 0 Å². The Morgan fingerprint density at radius 3 is 2.50 bits per heavy atom. The van der Waals surface area contributed by atoms with E-state index >= 15 is 0 Å². The van der Waals surface area contributed by atoms with Gasteiger partial charge < -0.3 is 14.8 Å². The molecule has 0 heterocycles. The predicted octanol–water partition coefficient (Wildman–Crippen LogP) is 4.13. The highest BCUT2D eigenvalue weighted by atomic mass is 79.9. The van der Waals surface area contributed by atoms with Gasteiger partial charge in [0.2, 0.25) is 0 Å². The second-order valence-electron chi connectivity index (χ2n) is 5.55. The van der Waals surface area contributed by atoms with Crippen LogP contribution in [-0.4, -0.2) is 20.3 Å². The summed E-state index contributed by atoms with van der Waals surface area (Å²) in [5, 5.41) is 3.69. The van der Waals surface area contributed by atoms with Crippen molar-refractivity contribution in [3.05, 3.63) is 22.2 Å². The quantitative estimate of drug-likeness (QED) is 0.873. The molecule has 0 bridgehead atoms. The molecule has 3 nitrogen and oxygen atoms in total. The fourth-order valence-corrected chi connectivity index (χ4v) is 3.47. The van der Waals surface area contributed by atoms with E-state index in [0.29, 0.717) is 6.04 Å². The topological polar surface area (TPSA) is 30.5 Å². The Morgan fingerprint density at radius 1 is 1.15 bits per heavy atom. The SMILES string of the molecule is COc1cc(OC)c(CN[C@H]2CCCC[C@H]2C)cc1Br. The van der Waals surface area contributed by atoms with E-state index in [9.17, 15) is 0 Å². The number of hydrogen-bond donors (Lipinski definition) is 1. The highest BCUT2D eigenvalue weighted by Gasteiger charge is 2.21. The first-order valence-electron chi connectivity index (χ1n) is 7.29. The average Bonchev–Trinajstić information content (AvgIpc) is 2.46. The number of ether oxygens (including phenoxy) is 2. The molecule has 1 aromatic rings. The summed E-state index contributed by atoms with van der Waals surface area (Å²) in [6, 6.07) is 4.64. The van der Waals surface area contributed by atoms with Crippen LogP contribution < -0.4 is 14.8 Å². The van der Waals surface area contributed by atoms with Gasteiger partial charge in [0.05, 0.1) is 18.7 Å². The smallest absolute Gasteiger partial charge is 0.136 e. The van der Waals surface area contributed by atoms with Crippen molar-refractivity contribution in [1.82, 2.24) is 5.32 Å². The molecule has 1 aliphatic rings. The molecule has 1 fully saturated rings. The third-order valence-electron chi connectivity index (χ3n) is 4.22. The van der Waals surface area contributed by atoms with Gasteiger partial charge in [-0.2, -0.15) is 0 Å². The zero-order chi connectivity index (χ0) is 14.5. The first-order chi connectivity index (χ1) is 9.65. The number of nitrogens with one attached hydrogen (secondary N) is 1. The molecule has 112 valence electrons. The molecule has 20 heavy (non-hydrogen) atoms. The fourth-order valence-electron chi connectivity index (χ4n) is 2.92. The van der Waals surface area contributed by atoms with Crippen molar-refractivity contribution in [3.63, 3.8) is 0 Å². The van der Waals surface area contributed by atoms with Crippen LogP contribution in [0.3, 0.4) is 0 Å². The van der Waals surface area contributed by atoms with E-state index in [4.69, 9.17) is 9.47 Å². The minimum absolute atomic E-state index is 0.620. The van der Waals surface area contributed by atoms with Crippen LogP contribution in [0.25, 0.3) is 0 Å². The lowest BCUT2D eigenvalue weighted by molar-refractivity contribution is 0.278. The maximum absolute atomic E-state index is 5.47. The lowest BCUT2D eigenvalue weighted by Gasteiger charge is -2.30. The molecule has 1 saturated carbocycles. The Bertz CT molecular complexity index is 450. The van der Waals surface area contributed by atoms with Crippen molar-refractivity contribution >= 4 is 15.9 Å². The fraction of sp³-hybridized carbons (Fsp3) is 0.625. The number of halogens is 1. The van der Waals surface area contributed by atoms with E-state index in [0.717, 1.165) is 34.0 Å². The molecule has 1 aliphatic carbocycles. The Hall–Kier alpha value is -0.740. The number of benzene rings is 1. The van der Waals surface area contributed by atoms with Gasteiger partial charge >= 0.3 is 0 Å². The summed E-state index contributed by atoms with van der Waals surface area (Å²) in [6.45, 7) is 3.18. The molecule has 0 aromatic heterocycles. The number of methoxy groups -OCH3 is 2. The standard InChI is InChI=1S/C16H24BrNO2/c1-11-6-4-5-7-14(11)18-10-12-8-13(17)16(20-3)9-15(12)19-2/h8-9,11,14,18H,4-7,10H2,1-3H3/t11-,14+/m1/s1. The molecule has 2 rings (SSSR count). The molecule has 1 aromatic carbocycles. The van der Waals surface area contributed by atoms with Crippen molar-refractivity contribution in [2.24, 2.45) is 5.92 Å². The Labute approximate surface area is 130 Å². The van der Waals surface area contributed by atoms with Gasteiger partial charge in [0.15, 0.2) is 0 Å². The van der Waals surface area contributed by atoms with Crippen LogP contribution in [0.2, 0.25) is 0 Å². The van der Waals surface area contributed by atoms with E-state index in [1.54, 1.807) is 14.2 Å². The molecule has 2 atom stereocenters. The highest BCUT2D eigenvalue weighted by Crippen LogP contribution is 2.33. The molecular weight excluding hydrogens is 318 g/mol. The Balaban J connectivity index is 2.06. The second-order valence-corrected chi connectivity index (χ2v) is 6.40. The lowest BCUT2D eigenvalue weighted by atomic mass is 9.86. The Morgan fingerprint density at radius 2 is 1.85 bits per heavy atom. The average molecular weight is 342 g/mol. The largest absolute Gasteiger partial charge is 0.496 e. The minimum Gasteiger partial charge on any atom is -0.496 e. The summed E-state index contributed by atoms with van der Waals surface area (Å²) in [6.07, 6.45) is 5.32. The van der Waals surface area contributed by atoms with Crippen LogP contribution in [0.5, 0.6) is 11.5 Å². The van der Waals surface area contributed by atoms with E-state index in [2.05, 4.69) is 34.2 Å². The van der Waals surface area contributed by atoms with E-state index in [-0.39, 0.29) is 0 Å². The van der Waals surface area contributed by atoms with Crippen molar-refractivity contribution in [1.29, 1.82) is 0 Å². The zero-order valence-electron chi connectivity index (χ0n) is 12.5. The summed E-state index contributed by atoms with van der Waals surface area (Å²) in [5.41, 5.74) is 1.16. The van der Waals surface area contributed by atoms with Gasteiger partial charge in [-0.25, -0.2) is 0 Å². The second kappa shape index (κ2) is 7.32. The van der Waals surface area contributed by atoms with Crippen LogP contribution in [0, 0.1) is 5.92 Å². The van der Waals surface area contributed by atoms with Crippen LogP contribution in [0.1, 0.15) is 38.2 Å². The van der Waals surface area contributed by atoms with Crippen molar-refractivity contribution in [3.8, 4) is 11.5 Å². The minimum atomic E-state index is 0.620. The predicted molar refractivity (Wildman–Crippen MR) is 85.5 cm³/mol. The number of hydrogen-bond acceptors (Lipinski definition) is 3. The van der Waals surface area contributed by atoms with Crippen molar-refractivity contribution in [2.45, 2.75) is 45.2 Å². The first kappa shape index (κ1) is 15.6. The summed E-state index contributed by atoms with van der Waals surface area (Å²) in [5.74, 6) is 2.44. The molecule has 0 amide bonds. The summed E-state index contributed by atoms with van der Waals surface area (Å²) >= 11 is 3.54. The van der Waals surface area contributed by atoms with Crippen LogP contribution in [0.4, 0.5) is 0 Å². The van der Waals surface area contributed by atoms with Crippen molar-refractivity contribution in [2.75, 3.05) is 14.2 Å². The van der Waals surface area contributed by atoms with Gasteiger partial charge in [-0.1, -0.05) is 19.8 Å². The summed E-state index contributed by atoms with van der Waals surface area (Å²) < 4.78 is 11.7. The van der Waals surface area contributed by atoms with Crippen LogP contribution in [0.15, 0.2) is 16.6 Å². The summed E-state index contributed by atoms with van der Waals surface area (Å²) in [7, 11) is 3.37. The monoisotopic (exact) mass is 341 g/mol. The molecule has 0 aliphatic heterocycles. The van der Waals surface area contributed by atoms with Crippen LogP contribution >= 0.6 is 15.9 Å². The molecule has 0 unspecified atom stereocenters. The Kier molecular flexibility index (Phi) is 5.73. The highest BCUT2D eigenvalue weighted by molar-refractivity contribution is 9.10. The molecular formula is C16H24BrNO2. The summed E-state index contributed by atoms with van der Waals surface area (Å²) in [4.78, 5) is 0. The van der Waals surface area contributed by atoms with E-state index in [1.807, 2.05) is 6.07 Å². The zero-order valence-corrected chi connectivity index (χ0v) is 14.1. The molecule has 0 saturated heterocycles. The van der Waals surface area contributed by atoms with E-state index in [1.165, 1.54) is 25.7 Å². The molecule has 0 spiro atoms. The van der Waals surface area contributed by atoms with Gasteiger partial charge in [-0.05, 0) is 40.8 Å². The normalized spacial score (nSPS) is 22.6. The maximum Gasteiger partial charge on any atom is 0.136 e. The lowest BCUT2D eigenvalue weighted by Crippen LogP contribution is -2.36. The first-order valence-corrected chi connectivity index (χ1v) is 8.08. The van der Waals surface area contributed by atoms with Gasteiger partial charge in [0.1, 0.15) is 11.5 Å². The third kappa shape index (κ3) is 3.67.